The Morgan fingerprint density at radius 3 is 2.31 bits per heavy atom. The van der Waals surface area contributed by atoms with Gasteiger partial charge >= 0.3 is 0 Å². The summed E-state index contributed by atoms with van der Waals surface area (Å²) in [5.41, 5.74) is 0. The van der Waals surface area contributed by atoms with E-state index in [0.29, 0.717) is 38.4 Å². The number of pyridine rings is 1. The van der Waals surface area contributed by atoms with Gasteiger partial charge in [-0.3, -0.25) is 9.59 Å². The van der Waals surface area contributed by atoms with Gasteiger partial charge in [0.15, 0.2) is 18.2 Å². The first-order valence-electron chi connectivity index (χ1n) is 8.79. The van der Waals surface area contributed by atoms with Gasteiger partial charge < -0.3 is 31.2 Å². The van der Waals surface area contributed by atoms with Crippen molar-refractivity contribution in [2.24, 2.45) is 0 Å². The zero-order valence-corrected chi connectivity index (χ0v) is 16.3. The van der Waals surface area contributed by atoms with Crippen LogP contribution in [0.15, 0.2) is 53.4 Å². The lowest BCUT2D eigenvalue weighted by Crippen LogP contribution is -3.00. The molecule has 1 aliphatic heterocycles. The normalized spacial score (nSPS) is 14.0. The second-order valence-electron chi connectivity index (χ2n) is 6.22. The van der Waals surface area contributed by atoms with Crippen LogP contribution in [-0.4, -0.2) is 47.8 Å². The molecule has 0 aromatic carbocycles. The van der Waals surface area contributed by atoms with Crippen LogP contribution < -0.4 is 21.5 Å². The van der Waals surface area contributed by atoms with Crippen molar-refractivity contribution in [3.05, 3.63) is 54.7 Å². The van der Waals surface area contributed by atoms with E-state index in [4.69, 9.17) is 4.42 Å². The predicted octanol–water partition coefficient (Wildman–Crippen LogP) is -1.27. The van der Waals surface area contributed by atoms with Crippen LogP contribution >= 0.6 is 0 Å². The summed E-state index contributed by atoms with van der Waals surface area (Å²) in [4.78, 5) is 28.1. The van der Waals surface area contributed by atoms with Crippen molar-refractivity contribution in [2.45, 2.75) is 25.8 Å². The highest BCUT2D eigenvalue weighted by molar-refractivity contribution is 5.91. The number of amides is 2. The van der Waals surface area contributed by atoms with Gasteiger partial charge in [0.05, 0.1) is 6.26 Å². The number of hydrogen-bond acceptors (Lipinski definition) is 3. The molecule has 2 amide bonds. The Bertz CT molecular complexity index is 683. The van der Waals surface area contributed by atoms with E-state index in [1.807, 2.05) is 35.5 Å². The van der Waals surface area contributed by atoms with Crippen molar-refractivity contribution in [3.63, 3.8) is 0 Å². The van der Waals surface area contributed by atoms with Crippen LogP contribution in [0.3, 0.4) is 0 Å². The van der Waals surface area contributed by atoms with Crippen LogP contribution in [0.1, 0.15) is 29.8 Å². The van der Waals surface area contributed by atoms with Crippen molar-refractivity contribution in [1.82, 2.24) is 9.80 Å². The van der Waals surface area contributed by atoms with Crippen LogP contribution in [-0.2, 0) is 11.3 Å². The summed E-state index contributed by atoms with van der Waals surface area (Å²) in [6.45, 7) is 3.24. The summed E-state index contributed by atoms with van der Waals surface area (Å²) in [7, 11) is 0. The topological polar surface area (TPSA) is 57.6 Å². The number of carbonyl (C=O) groups excluding carboxylic acids is 2. The molecule has 0 unspecified atom stereocenters. The SMILES string of the molecule is O=C(CCCC[n+]1ccccc1)N1CCN(C(=O)c2ccco2)CC1.[Br-]. The van der Waals surface area contributed by atoms with E-state index >= 15 is 0 Å². The fourth-order valence-corrected chi connectivity index (χ4v) is 3.03. The maximum absolute atomic E-state index is 12.3. The van der Waals surface area contributed by atoms with Gasteiger partial charge in [0.1, 0.15) is 6.54 Å². The predicted molar refractivity (Wildman–Crippen MR) is 91.7 cm³/mol. The van der Waals surface area contributed by atoms with Crippen LogP contribution in [0, 0.1) is 0 Å². The molecule has 7 heteroatoms. The van der Waals surface area contributed by atoms with Gasteiger partial charge in [-0.1, -0.05) is 6.07 Å². The maximum Gasteiger partial charge on any atom is 0.289 e. The van der Waals surface area contributed by atoms with E-state index in [-0.39, 0.29) is 28.8 Å². The van der Waals surface area contributed by atoms with E-state index in [9.17, 15) is 9.59 Å². The lowest BCUT2D eigenvalue weighted by Gasteiger charge is -2.34. The molecule has 140 valence electrons. The lowest BCUT2D eigenvalue weighted by atomic mass is 10.2. The Labute approximate surface area is 164 Å². The van der Waals surface area contributed by atoms with Crippen LogP contribution in [0.4, 0.5) is 0 Å². The van der Waals surface area contributed by atoms with E-state index in [0.717, 1.165) is 19.4 Å². The zero-order valence-electron chi connectivity index (χ0n) is 14.7. The summed E-state index contributed by atoms with van der Waals surface area (Å²) >= 11 is 0. The zero-order chi connectivity index (χ0) is 17.5. The molecule has 0 bridgehead atoms. The molecule has 1 aliphatic rings. The number of aryl methyl sites for hydroxylation is 1. The van der Waals surface area contributed by atoms with Gasteiger partial charge in [-0.05, 0) is 18.6 Å². The molecule has 2 aromatic heterocycles. The van der Waals surface area contributed by atoms with E-state index < -0.39 is 0 Å². The quantitative estimate of drug-likeness (QED) is 0.431. The number of piperazine rings is 1. The summed E-state index contributed by atoms with van der Waals surface area (Å²) in [6, 6.07) is 9.39. The van der Waals surface area contributed by atoms with Gasteiger partial charge in [-0.15, -0.1) is 0 Å². The number of carbonyl (C=O) groups is 2. The Morgan fingerprint density at radius 2 is 1.65 bits per heavy atom. The number of furan rings is 1. The first-order valence-corrected chi connectivity index (χ1v) is 8.79. The Morgan fingerprint density at radius 1 is 0.962 bits per heavy atom. The Kier molecular flexibility index (Phi) is 7.84. The third-order valence-corrected chi connectivity index (χ3v) is 4.49. The Hall–Kier alpha value is -2.15. The van der Waals surface area contributed by atoms with E-state index in [2.05, 4.69) is 4.57 Å². The first kappa shape index (κ1) is 20.2. The number of hydrogen-bond donors (Lipinski definition) is 0. The molecule has 0 radical (unpaired) electrons. The molecule has 26 heavy (non-hydrogen) atoms. The molecule has 0 saturated carbocycles. The van der Waals surface area contributed by atoms with Crippen molar-refractivity contribution in [1.29, 1.82) is 0 Å². The molecule has 2 aromatic rings. The van der Waals surface area contributed by atoms with E-state index in [1.54, 1.807) is 17.0 Å². The molecule has 3 rings (SSSR count). The average molecular weight is 422 g/mol. The number of unbranched alkanes of at least 4 members (excludes halogenated alkanes) is 1. The molecule has 1 saturated heterocycles. The van der Waals surface area contributed by atoms with Crippen LogP contribution in [0.5, 0.6) is 0 Å². The van der Waals surface area contributed by atoms with Crippen molar-refractivity contribution < 1.29 is 35.6 Å². The second-order valence-corrected chi connectivity index (χ2v) is 6.22. The minimum atomic E-state index is -0.100. The summed E-state index contributed by atoms with van der Waals surface area (Å²) in [5, 5.41) is 0. The molecule has 1 fully saturated rings. The van der Waals surface area contributed by atoms with Gasteiger partial charge in [0, 0.05) is 51.2 Å². The highest BCUT2D eigenvalue weighted by Gasteiger charge is 2.25. The molecular formula is C19H24BrN3O3. The molecule has 0 N–H and O–H groups in total. The fourth-order valence-electron chi connectivity index (χ4n) is 3.03. The highest BCUT2D eigenvalue weighted by atomic mass is 79.9. The molecule has 0 atom stereocenters. The lowest BCUT2D eigenvalue weighted by molar-refractivity contribution is -0.697. The third-order valence-electron chi connectivity index (χ3n) is 4.49. The monoisotopic (exact) mass is 421 g/mol. The van der Waals surface area contributed by atoms with Gasteiger partial charge in [0.25, 0.3) is 5.91 Å². The van der Waals surface area contributed by atoms with Crippen molar-refractivity contribution in [3.8, 4) is 0 Å². The number of nitrogens with zero attached hydrogens (tertiary/aromatic N) is 3. The summed E-state index contributed by atoms with van der Waals surface area (Å²) in [6.07, 6.45) is 8.01. The number of aromatic nitrogens is 1. The molecule has 0 aliphatic carbocycles. The molecule has 3 heterocycles. The minimum Gasteiger partial charge on any atom is -1.00 e. The highest BCUT2D eigenvalue weighted by Crippen LogP contribution is 2.11. The van der Waals surface area contributed by atoms with Crippen molar-refractivity contribution in [2.75, 3.05) is 26.2 Å². The largest absolute Gasteiger partial charge is 1.00 e. The van der Waals surface area contributed by atoms with Crippen molar-refractivity contribution >= 4 is 11.8 Å². The average Bonchev–Trinajstić information content (AvgIpc) is 3.20. The Balaban J connectivity index is 0.00000243. The molecule has 6 nitrogen and oxygen atoms in total. The number of halogens is 1. The third kappa shape index (κ3) is 5.42. The van der Waals surface area contributed by atoms with Crippen LogP contribution in [0.2, 0.25) is 0 Å². The second kappa shape index (κ2) is 10.1. The van der Waals surface area contributed by atoms with Gasteiger partial charge in [-0.2, -0.15) is 0 Å². The summed E-state index contributed by atoms with van der Waals surface area (Å²) < 4.78 is 7.28. The number of rotatable bonds is 6. The van der Waals surface area contributed by atoms with Gasteiger partial charge in [-0.25, -0.2) is 4.57 Å². The molecular weight excluding hydrogens is 398 g/mol. The standard InChI is InChI=1S/C19H24N3O3.BrH/c23-18(8-2-5-11-20-9-3-1-4-10-20)21-12-14-22(15-13-21)19(24)17-7-6-16-25-17;/h1,3-4,6-7,9-10,16H,2,5,8,11-15H2;1H/q+1;/p-1. The van der Waals surface area contributed by atoms with Crippen LogP contribution in [0.25, 0.3) is 0 Å². The summed E-state index contributed by atoms with van der Waals surface area (Å²) in [5.74, 6) is 0.443. The maximum atomic E-state index is 12.3. The fraction of sp³-hybridized carbons (Fsp3) is 0.421. The smallest absolute Gasteiger partial charge is 0.289 e. The first-order chi connectivity index (χ1) is 12.2. The van der Waals surface area contributed by atoms with Gasteiger partial charge in [0.2, 0.25) is 5.91 Å². The minimum absolute atomic E-state index is 0. The molecule has 0 spiro atoms. The van der Waals surface area contributed by atoms with E-state index in [1.165, 1.54) is 6.26 Å².